The van der Waals surface area contributed by atoms with Crippen LogP contribution in [-0.4, -0.2) is 14.4 Å². The molecule has 4 nitrogen and oxygen atoms in total. The van der Waals surface area contributed by atoms with Crippen LogP contribution in [-0.2, 0) is 6.54 Å². The van der Waals surface area contributed by atoms with Crippen molar-refractivity contribution in [1.82, 2.24) is 14.4 Å². The highest BCUT2D eigenvalue weighted by Crippen LogP contribution is 2.30. The highest BCUT2D eigenvalue weighted by atomic mass is 79.9. The van der Waals surface area contributed by atoms with Gasteiger partial charge in [-0.25, -0.2) is 9.97 Å². The van der Waals surface area contributed by atoms with Crippen LogP contribution in [0.15, 0.2) is 41.4 Å². The minimum Gasteiger partial charge on any atom is -0.377 e. The summed E-state index contributed by atoms with van der Waals surface area (Å²) in [6, 6.07) is 5.41. The number of nitrogens with zero attached hydrogens (tertiary/aromatic N) is 3. The third-order valence-electron chi connectivity index (χ3n) is 2.85. The summed E-state index contributed by atoms with van der Waals surface area (Å²) in [6.45, 7) is 0.557. The van der Waals surface area contributed by atoms with Crippen LogP contribution in [0.25, 0.3) is 5.65 Å². The molecule has 0 aliphatic carbocycles. The Morgan fingerprint density at radius 3 is 2.65 bits per heavy atom. The third-order valence-corrected chi connectivity index (χ3v) is 3.89. The molecular weight excluding hydrogens is 363 g/mol. The monoisotopic (exact) mass is 370 g/mol. The molecule has 0 aliphatic rings. The predicted molar refractivity (Wildman–Crippen MR) is 84.5 cm³/mol. The maximum atomic E-state index is 6.13. The van der Waals surface area contributed by atoms with Crippen LogP contribution in [0.1, 0.15) is 5.69 Å². The van der Waals surface area contributed by atoms with Crippen LogP contribution < -0.4 is 5.32 Å². The molecule has 1 N–H and O–H groups in total. The van der Waals surface area contributed by atoms with E-state index in [1.807, 2.05) is 16.7 Å². The second-order valence-electron chi connectivity index (χ2n) is 4.14. The number of rotatable bonds is 3. The van der Waals surface area contributed by atoms with Crippen molar-refractivity contribution in [3.63, 3.8) is 0 Å². The van der Waals surface area contributed by atoms with Crippen molar-refractivity contribution in [2.45, 2.75) is 6.54 Å². The van der Waals surface area contributed by atoms with Crippen LogP contribution in [0.4, 0.5) is 5.69 Å². The van der Waals surface area contributed by atoms with Crippen LogP contribution in [0.5, 0.6) is 0 Å². The molecule has 3 rings (SSSR count). The second kappa shape index (κ2) is 5.60. The Balaban J connectivity index is 1.89. The molecule has 3 aromatic rings. The van der Waals surface area contributed by atoms with Gasteiger partial charge in [0, 0.05) is 6.20 Å². The van der Waals surface area contributed by atoms with E-state index in [1.165, 1.54) is 0 Å². The zero-order valence-corrected chi connectivity index (χ0v) is 13.2. The number of anilines is 1. The molecule has 0 bridgehead atoms. The van der Waals surface area contributed by atoms with Crippen molar-refractivity contribution < 1.29 is 0 Å². The van der Waals surface area contributed by atoms with Gasteiger partial charge < -0.3 is 5.32 Å². The van der Waals surface area contributed by atoms with Crippen molar-refractivity contribution in [1.29, 1.82) is 0 Å². The van der Waals surface area contributed by atoms with E-state index in [1.54, 1.807) is 24.5 Å². The number of halogens is 3. The van der Waals surface area contributed by atoms with Gasteiger partial charge in [0.15, 0.2) is 5.65 Å². The molecule has 0 saturated carbocycles. The van der Waals surface area contributed by atoms with Crippen molar-refractivity contribution in [2.24, 2.45) is 0 Å². The van der Waals surface area contributed by atoms with Gasteiger partial charge in [0.2, 0.25) is 0 Å². The molecule has 0 unspecified atom stereocenters. The molecule has 20 heavy (non-hydrogen) atoms. The number of nitrogens with one attached hydrogen (secondary N) is 1. The van der Waals surface area contributed by atoms with E-state index in [0.29, 0.717) is 16.6 Å². The Hall–Kier alpha value is -1.30. The molecule has 102 valence electrons. The van der Waals surface area contributed by atoms with Gasteiger partial charge in [-0.05, 0) is 28.1 Å². The van der Waals surface area contributed by atoms with E-state index in [2.05, 4.69) is 31.2 Å². The molecule has 0 fully saturated rings. The number of aromatic nitrogens is 3. The van der Waals surface area contributed by atoms with Gasteiger partial charge >= 0.3 is 0 Å². The molecule has 0 aliphatic heterocycles. The minimum absolute atomic E-state index is 0.557. The average molecular weight is 372 g/mol. The van der Waals surface area contributed by atoms with Crippen LogP contribution >= 0.6 is 39.1 Å². The Bertz CT molecular complexity index is 752. The zero-order chi connectivity index (χ0) is 14.1. The maximum Gasteiger partial charge on any atom is 0.155 e. The summed E-state index contributed by atoms with van der Waals surface area (Å²) in [5.41, 5.74) is 2.49. The fourth-order valence-corrected chi connectivity index (χ4v) is 2.73. The highest BCUT2D eigenvalue weighted by molar-refractivity contribution is 9.10. The number of hydrogen-bond donors (Lipinski definition) is 1. The molecule has 0 radical (unpaired) electrons. The highest BCUT2D eigenvalue weighted by Gasteiger charge is 2.08. The van der Waals surface area contributed by atoms with Gasteiger partial charge in [-0.15, -0.1) is 0 Å². The van der Waals surface area contributed by atoms with Crippen molar-refractivity contribution in [2.75, 3.05) is 5.32 Å². The van der Waals surface area contributed by atoms with E-state index < -0.39 is 0 Å². The van der Waals surface area contributed by atoms with Crippen molar-refractivity contribution in [3.8, 4) is 0 Å². The largest absolute Gasteiger partial charge is 0.377 e. The summed E-state index contributed by atoms with van der Waals surface area (Å²) >= 11 is 15.6. The predicted octanol–water partition coefficient (Wildman–Crippen LogP) is 4.41. The van der Waals surface area contributed by atoms with E-state index in [0.717, 1.165) is 21.6 Å². The summed E-state index contributed by atoms with van der Waals surface area (Å²) < 4.78 is 2.70. The zero-order valence-electron chi connectivity index (χ0n) is 10.1. The SMILES string of the molecule is Clc1cccc(Cl)c1NCc1cnc2cnc(Br)cn12. The lowest BCUT2D eigenvalue weighted by atomic mass is 10.3. The first-order chi connectivity index (χ1) is 9.65. The number of benzene rings is 1. The van der Waals surface area contributed by atoms with Gasteiger partial charge in [0.05, 0.1) is 40.4 Å². The number of para-hydroxylation sites is 1. The summed E-state index contributed by atoms with van der Waals surface area (Å²) in [5, 5.41) is 4.42. The van der Waals surface area contributed by atoms with Gasteiger partial charge in [0.25, 0.3) is 0 Å². The first kappa shape index (κ1) is 13.7. The number of fused-ring (bicyclic) bond motifs is 1. The van der Waals surface area contributed by atoms with E-state index >= 15 is 0 Å². The van der Waals surface area contributed by atoms with Gasteiger partial charge in [0.1, 0.15) is 4.60 Å². The number of hydrogen-bond acceptors (Lipinski definition) is 3. The normalized spacial score (nSPS) is 10.9. The summed E-state index contributed by atoms with van der Waals surface area (Å²) in [7, 11) is 0. The molecule has 1 aromatic carbocycles. The van der Waals surface area contributed by atoms with Gasteiger partial charge in [-0.3, -0.25) is 4.40 Å². The van der Waals surface area contributed by atoms with Gasteiger partial charge in [-0.1, -0.05) is 29.3 Å². The molecular formula is C13H9BrCl2N4. The first-order valence-corrected chi connectivity index (χ1v) is 7.35. The summed E-state index contributed by atoms with van der Waals surface area (Å²) in [5.74, 6) is 0. The summed E-state index contributed by atoms with van der Waals surface area (Å²) in [6.07, 6.45) is 5.37. The quantitative estimate of drug-likeness (QED) is 0.741. The van der Waals surface area contributed by atoms with E-state index in [4.69, 9.17) is 23.2 Å². The lowest BCUT2D eigenvalue weighted by molar-refractivity contribution is 0.983. The Morgan fingerprint density at radius 1 is 1.15 bits per heavy atom. The lowest BCUT2D eigenvalue weighted by Gasteiger charge is -2.10. The van der Waals surface area contributed by atoms with Crippen molar-refractivity contribution >= 4 is 50.5 Å². The smallest absolute Gasteiger partial charge is 0.155 e. The molecule has 2 aromatic heterocycles. The molecule has 0 spiro atoms. The van der Waals surface area contributed by atoms with E-state index in [-0.39, 0.29) is 0 Å². The fraction of sp³-hybridized carbons (Fsp3) is 0.0769. The standard InChI is InChI=1S/C13H9BrCl2N4/c14-11-7-20-8(4-18-12(20)6-17-11)5-19-13-9(15)2-1-3-10(13)16/h1-4,6-7,19H,5H2. The van der Waals surface area contributed by atoms with Gasteiger partial charge in [-0.2, -0.15) is 0 Å². The van der Waals surface area contributed by atoms with Crippen LogP contribution in [0, 0.1) is 0 Å². The average Bonchev–Trinajstić information content (AvgIpc) is 2.81. The van der Waals surface area contributed by atoms with Crippen LogP contribution in [0.3, 0.4) is 0 Å². The van der Waals surface area contributed by atoms with Crippen molar-refractivity contribution in [3.05, 3.63) is 57.1 Å². The van der Waals surface area contributed by atoms with E-state index in [9.17, 15) is 0 Å². The maximum absolute atomic E-state index is 6.13. The Kier molecular flexibility index (Phi) is 3.83. The van der Waals surface area contributed by atoms with Crippen LogP contribution in [0.2, 0.25) is 10.0 Å². The summed E-state index contributed by atoms with van der Waals surface area (Å²) in [4.78, 5) is 8.43. The molecule has 0 saturated heterocycles. The fourth-order valence-electron chi connectivity index (χ4n) is 1.89. The molecule has 2 heterocycles. The molecule has 0 amide bonds. The first-order valence-electron chi connectivity index (χ1n) is 5.80. The second-order valence-corrected chi connectivity index (χ2v) is 5.76. The third kappa shape index (κ3) is 2.61. The lowest BCUT2D eigenvalue weighted by Crippen LogP contribution is -2.03. The Labute approximate surface area is 133 Å². The molecule has 7 heteroatoms. The Morgan fingerprint density at radius 2 is 1.90 bits per heavy atom. The number of imidazole rings is 1. The topological polar surface area (TPSA) is 42.2 Å². The molecule has 0 atom stereocenters. The minimum atomic E-state index is 0.557.